The highest BCUT2D eigenvalue weighted by Crippen LogP contribution is 2.46. The second-order valence-electron chi connectivity index (χ2n) is 6.81. The molecule has 2 aliphatic heterocycles. The number of nitrogens with zero attached hydrogens (tertiary/aromatic N) is 2. The molecule has 0 aromatic heterocycles. The molecule has 130 valence electrons. The Labute approximate surface area is 138 Å². The molecule has 1 saturated heterocycles. The summed E-state index contributed by atoms with van der Waals surface area (Å²) >= 11 is 0. The topological polar surface area (TPSA) is 113 Å². The molecule has 0 radical (unpaired) electrons. The maximum absolute atomic E-state index is 11.5. The van der Waals surface area contributed by atoms with Crippen molar-refractivity contribution in [1.29, 1.82) is 0 Å². The van der Waals surface area contributed by atoms with Crippen LogP contribution in [0.1, 0.15) is 38.3 Å². The molecule has 2 heterocycles. The Hall–Kier alpha value is -2.19. The zero-order chi connectivity index (χ0) is 17.6. The van der Waals surface area contributed by atoms with E-state index in [1.165, 1.54) is 18.2 Å². The van der Waals surface area contributed by atoms with E-state index in [1.54, 1.807) is 18.7 Å². The van der Waals surface area contributed by atoms with Crippen molar-refractivity contribution in [3.63, 3.8) is 0 Å². The van der Waals surface area contributed by atoms with E-state index in [2.05, 4.69) is 0 Å². The molecule has 1 unspecified atom stereocenters. The van der Waals surface area contributed by atoms with Crippen LogP contribution in [0.3, 0.4) is 0 Å². The summed E-state index contributed by atoms with van der Waals surface area (Å²) < 4.78 is 5.81. The molecule has 0 aliphatic carbocycles. The molecule has 2 aliphatic rings. The van der Waals surface area contributed by atoms with E-state index in [0.717, 1.165) is 0 Å². The molecule has 2 N–H and O–H groups in total. The molecular formula is C16H20N2O6. The molecule has 1 aromatic rings. The van der Waals surface area contributed by atoms with Crippen molar-refractivity contribution in [2.24, 2.45) is 0 Å². The van der Waals surface area contributed by atoms with Crippen LogP contribution in [-0.4, -0.2) is 50.3 Å². The standard InChI is InChI=1S/C16H20N2O6/c1-16(2)14(19)13(17-7-3-4-11(17)15(20)21)10-8-9(18(22)23)5-6-12(10)24-16/h5-6,8,11,13-14,19H,3-4,7H2,1-2H3,(H,20,21)/t11?,13-,14+/m1/s1. The quantitative estimate of drug-likeness (QED) is 0.638. The van der Waals surface area contributed by atoms with Crippen LogP contribution in [0.2, 0.25) is 0 Å². The van der Waals surface area contributed by atoms with Crippen LogP contribution in [0.4, 0.5) is 5.69 Å². The number of aliphatic hydroxyl groups excluding tert-OH is 1. The van der Waals surface area contributed by atoms with Gasteiger partial charge in [-0.25, -0.2) is 0 Å². The van der Waals surface area contributed by atoms with Crippen molar-refractivity contribution in [2.45, 2.75) is 50.5 Å². The number of carbonyl (C=O) groups is 1. The first-order valence-electron chi connectivity index (χ1n) is 7.86. The molecule has 3 rings (SSSR count). The number of nitro benzene ring substituents is 1. The lowest BCUT2D eigenvalue weighted by Crippen LogP contribution is -2.55. The number of ether oxygens (including phenoxy) is 1. The summed E-state index contributed by atoms with van der Waals surface area (Å²) in [6.45, 7) is 3.96. The Balaban J connectivity index is 2.11. The lowest BCUT2D eigenvalue weighted by Gasteiger charge is -2.46. The zero-order valence-corrected chi connectivity index (χ0v) is 13.5. The van der Waals surface area contributed by atoms with Crippen molar-refractivity contribution in [3.05, 3.63) is 33.9 Å². The van der Waals surface area contributed by atoms with Gasteiger partial charge in [0.2, 0.25) is 0 Å². The summed E-state index contributed by atoms with van der Waals surface area (Å²) in [4.78, 5) is 23.8. The van der Waals surface area contributed by atoms with Gasteiger partial charge < -0.3 is 14.9 Å². The average Bonchev–Trinajstić information content (AvgIpc) is 2.97. The largest absolute Gasteiger partial charge is 0.485 e. The average molecular weight is 336 g/mol. The van der Waals surface area contributed by atoms with Gasteiger partial charge in [0, 0.05) is 17.7 Å². The molecular weight excluding hydrogens is 316 g/mol. The highest BCUT2D eigenvalue weighted by atomic mass is 16.6. The number of nitro groups is 1. The van der Waals surface area contributed by atoms with E-state index >= 15 is 0 Å². The van der Waals surface area contributed by atoms with Crippen LogP contribution in [-0.2, 0) is 4.79 Å². The highest BCUT2D eigenvalue weighted by Gasteiger charge is 2.49. The first-order valence-corrected chi connectivity index (χ1v) is 7.86. The van der Waals surface area contributed by atoms with Gasteiger partial charge in [0.25, 0.3) is 5.69 Å². The number of aliphatic hydroxyl groups is 1. The van der Waals surface area contributed by atoms with Crippen molar-refractivity contribution in [3.8, 4) is 5.75 Å². The number of aliphatic carboxylic acids is 1. The van der Waals surface area contributed by atoms with Gasteiger partial charge in [0.15, 0.2) is 0 Å². The molecule has 0 amide bonds. The summed E-state index contributed by atoms with van der Waals surface area (Å²) in [5.74, 6) is -0.507. The van der Waals surface area contributed by atoms with Crippen LogP contribution in [0.5, 0.6) is 5.75 Å². The maximum atomic E-state index is 11.5. The fourth-order valence-electron chi connectivity index (χ4n) is 3.61. The van der Waals surface area contributed by atoms with Crippen molar-refractivity contribution < 1.29 is 24.7 Å². The molecule has 3 atom stereocenters. The van der Waals surface area contributed by atoms with Gasteiger partial charge in [-0.1, -0.05) is 0 Å². The summed E-state index contributed by atoms with van der Waals surface area (Å²) in [5, 5.41) is 31.4. The number of benzene rings is 1. The van der Waals surface area contributed by atoms with Gasteiger partial charge in [-0.15, -0.1) is 0 Å². The number of fused-ring (bicyclic) bond motifs is 1. The SMILES string of the molecule is CC1(C)Oc2ccc([N+](=O)[O-])cc2[C@@H](N2CCCC2C(=O)O)[C@@H]1O. The van der Waals surface area contributed by atoms with Gasteiger partial charge in [0.05, 0.1) is 11.0 Å². The first-order chi connectivity index (χ1) is 11.2. The Morgan fingerprint density at radius 3 is 2.79 bits per heavy atom. The fourth-order valence-corrected chi connectivity index (χ4v) is 3.61. The number of likely N-dealkylation sites (tertiary alicyclic amines) is 1. The number of hydrogen-bond donors (Lipinski definition) is 2. The predicted molar refractivity (Wildman–Crippen MR) is 83.9 cm³/mol. The minimum Gasteiger partial charge on any atom is -0.485 e. The summed E-state index contributed by atoms with van der Waals surface area (Å²) in [6.07, 6.45) is 0.183. The van der Waals surface area contributed by atoms with Gasteiger partial charge in [0.1, 0.15) is 23.5 Å². The molecule has 24 heavy (non-hydrogen) atoms. The lowest BCUT2D eigenvalue weighted by atomic mass is 9.85. The fraction of sp³-hybridized carbons (Fsp3) is 0.562. The van der Waals surface area contributed by atoms with Crippen LogP contribution in [0.25, 0.3) is 0 Å². The Morgan fingerprint density at radius 2 is 2.17 bits per heavy atom. The van der Waals surface area contributed by atoms with E-state index in [9.17, 15) is 25.1 Å². The van der Waals surface area contributed by atoms with Crippen LogP contribution in [0, 0.1) is 10.1 Å². The summed E-state index contributed by atoms with van der Waals surface area (Å²) in [6, 6.07) is 2.86. The second-order valence-corrected chi connectivity index (χ2v) is 6.81. The third-order valence-corrected chi connectivity index (χ3v) is 4.84. The van der Waals surface area contributed by atoms with Crippen molar-refractivity contribution >= 4 is 11.7 Å². The molecule has 1 aromatic carbocycles. The molecule has 8 heteroatoms. The minimum atomic E-state index is -1.01. The third kappa shape index (κ3) is 2.61. The summed E-state index contributed by atoms with van der Waals surface area (Å²) in [7, 11) is 0. The molecule has 8 nitrogen and oxygen atoms in total. The van der Waals surface area contributed by atoms with Crippen LogP contribution >= 0.6 is 0 Å². The molecule has 0 spiro atoms. The Kier molecular flexibility index (Phi) is 3.97. The number of rotatable bonds is 3. The van der Waals surface area contributed by atoms with Crippen molar-refractivity contribution in [1.82, 2.24) is 4.90 Å². The Morgan fingerprint density at radius 1 is 1.46 bits per heavy atom. The molecule has 0 bridgehead atoms. The molecule has 0 saturated carbocycles. The lowest BCUT2D eigenvalue weighted by molar-refractivity contribution is -0.385. The number of carboxylic acid groups (broad SMARTS) is 1. The number of hydrogen-bond acceptors (Lipinski definition) is 6. The van der Waals surface area contributed by atoms with Gasteiger partial charge in [-0.3, -0.25) is 19.8 Å². The first kappa shape index (κ1) is 16.7. The normalized spacial score (nSPS) is 28.9. The minimum absolute atomic E-state index is 0.111. The van der Waals surface area contributed by atoms with E-state index in [4.69, 9.17) is 4.74 Å². The van der Waals surface area contributed by atoms with Gasteiger partial charge in [-0.05, 0) is 39.3 Å². The molecule has 1 fully saturated rings. The van der Waals surface area contributed by atoms with E-state index in [1.807, 2.05) is 0 Å². The highest BCUT2D eigenvalue weighted by molar-refractivity contribution is 5.74. The van der Waals surface area contributed by atoms with Crippen molar-refractivity contribution in [2.75, 3.05) is 6.54 Å². The van der Waals surface area contributed by atoms with Crippen LogP contribution in [0.15, 0.2) is 18.2 Å². The smallest absolute Gasteiger partial charge is 0.320 e. The maximum Gasteiger partial charge on any atom is 0.320 e. The van der Waals surface area contributed by atoms with E-state index < -0.39 is 34.7 Å². The second kappa shape index (κ2) is 5.71. The van der Waals surface area contributed by atoms with E-state index in [-0.39, 0.29) is 5.69 Å². The summed E-state index contributed by atoms with van der Waals surface area (Å²) in [5.41, 5.74) is -0.580. The number of non-ortho nitro benzene ring substituents is 1. The van der Waals surface area contributed by atoms with E-state index in [0.29, 0.717) is 30.7 Å². The monoisotopic (exact) mass is 336 g/mol. The number of carboxylic acids is 1. The zero-order valence-electron chi connectivity index (χ0n) is 13.5. The van der Waals surface area contributed by atoms with Crippen LogP contribution < -0.4 is 4.74 Å². The third-order valence-electron chi connectivity index (χ3n) is 4.84. The van der Waals surface area contributed by atoms with Gasteiger partial charge >= 0.3 is 5.97 Å². The predicted octanol–water partition coefficient (Wildman–Crippen LogP) is 1.72. The van der Waals surface area contributed by atoms with Gasteiger partial charge in [-0.2, -0.15) is 0 Å². The Bertz CT molecular complexity index is 689.